The average molecular weight is 439 g/mol. The Morgan fingerprint density at radius 2 is 1.76 bits per heavy atom. The topological polar surface area (TPSA) is 67.9 Å². The Kier molecular flexibility index (Phi) is 8.61. The van der Waals surface area contributed by atoms with E-state index in [0.717, 1.165) is 0 Å². The molecule has 0 fully saturated rings. The molecule has 0 saturated heterocycles. The third kappa shape index (κ3) is 6.27. The van der Waals surface area contributed by atoms with Gasteiger partial charge in [-0.15, -0.1) is 0 Å². The molecule has 156 valence electrons. The SMILES string of the molecule is CC[C@H](C(=O)NC)N(Cc1ccc(Cl)cc1Cl)C(=O)COc1ccc(OC)cc1. The van der Waals surface area contributed by atoms with Gasteiger partial charge in [0.05, 0.1) is 7.11 Å². The lowest BCUT2D eigenvalue weighted by Gasteiger charge is -2.30. The van der Waals surface area contributed by atoms with Crippen LogP contribution in [0.3, 0.4) is 0 Å². The van der Waals surface area contributed by atoms with E-state index in [-0.39, 0.29) is 25.0 Å². The summed E-state index contributed by atoms with van der Waals surface area (Å²) in [6.45, 7) is 1.78. The van der Waals surface area contributed by atoms with Gasteiger partial charge in [-0.1, -0.05) is 36.2 Å². The molecule has 8 heteroatoms. The molecule has 0 aliphatic heterocycles. The van der Waals surface area contributed by atoms with Crippen molar-refractivity contribution >= 4 is 35.0 Å². The summed E-state index contributed by atoms with van der Waals surface area (Å²) in [5.74, 6) is 0.627. The molecule has 0 spiro atoms. The molecule has 6 nitrogen and oxygen atoms in total. The van der Waals surface area contributed by atoms with E-state index in [1.807, 2.05) is 6.92 Å². The van der Waals surface area contributed by atoms with Crippen molar-refractivity contribution in [2.24, 2.45) is 0 Å². The first-order valence-electron chi connectivity index (χ1n) is 9.11. The Morgan fingerprint density at radius 3 is 2.31 bits per heavy atom. The highest BCUT2D eigenvalue weighted by Gasteiger charge is 2.28. The summed E-state index contributed by atoms with van der Waals surface area (Å²) < 4.78 is 10.7. The molecule has 0 radical (unpaired) electrons. The van der Waals surface area contributed by atoms with E-state index in [1.165, 1.54) is 11.9 Å². The number of carbonyl (C=O) groups excluding carboxylic acids is 2. The first kappa shape index (κ1) is 22.8. The van der Waals surface area contributed by atoms with Crippen LogP contribution in [-0.4, -0.2) is 43.5 Å². The highest BCUT2D eigenvalue weighted by molar-refractivity contribution is 6.35. The van der Waals surface area contributed by atoms with Crippen molar-refractivity contribution in [2.45, 2.75) is 25.9 Å². The molecule has 0 aliphatic rings. The number of hydrogen-bond donors (Lipinski definition) is 1. The maximum Gasteiger partial charge on any atom is 0.261 e. The van der Waals surface area contributed by atoms with Crippen molar-refractivity contribution in [3.05, 3.63) is 58.1 Å². The molecule has 0 bridgehead atoms. The van der Waals surface area contributed by atoms with E-state index >= 15 is 0 Å². The minimum Gasteiger partial charge on any atom is -0.497 e. The average Bonchev–Trinajstić information content (AvgIpc) is 2.73. The molecule has 0 unspecified atom stereocenters. The van der Waals surface area contributed by atoms with Crippen molar-refractivity contribution in [1.82, 2.24) is 10.2 Å². The molecule has 2 rings (SSSR count). The molecule has 1 atom stereocenters. The van der Waals surface area contributed by atoms with Gasteiger partial charge in [0.2, 0.25) is 5.91 Å². The second-order valence-corrected chi connectivity index (χ2v) is 7.10. The van der Waals surface area contributed by atoms with Crippen LogP contribution in [0.1, 0.15) is 18.9 Å². The minimum atomic E-state index is -0.654. The summed E-state index contributed by atoms with van der Waals surface area (Å²) in [6.07, 6.45) is 0.444. The predicted octanol–water partition coefficient (Wildman–Crippen LogP) is 3.93. The number of nitrogens with one attached hydrogen (secondary N) is 1. The lowest BCUT2D eigenvalue weighted by molar-refractivity contribution is -0.142. The minimum absolute atomic E-state index is 0.159. The van der Waals surface area contributed by atoms with Crippen molar-refractivity contribution in [3.63, 3.8) is 0 Å². The zero-order chi connectivity index (χ0) is 21.4. The Labute approximate surface area is 180 Å². The van der Waals surface area contributed by atoms with Crippen LogP contribution in [0.25, 0.3) is 0 Å². The van der Waals surface area contributed by atoms with Crippen molar-refractivity contribution < 1.29 is 19.1 Å². The number of halogens is 2. The fourth-order valence-corrected chi connectivity index (χ4v) is 3.29. The summed E-state index contributed by atoms with van der Waals surface area (Å²) in [4.78, 5) is 26.8. The highest BCUT2D eigenvalue weighted by atomic mass is 35.5. The van der Waals surface area contributed by atoms with Gasteiger partial charge < -0.3 is 19.7 Å². The Bertz CT molecular complexity index is 843. The monoisotopic (exact) mass is 438 g/mol. The molecular formula is C21H24Cl2N2O4. The van der Waals surface area contributed by atoms with E-state index < -0.39 is 6.04 Å². The third-order valence-electron chi connectivity index (χ3n) is 4.41. The van der Waals surface area contributed by atoms with E-state index in [2.05, 4.69) is 5.32 Å². The van der Waals surface area contributed by atoms with E-state index in [0.29, 0.717) is 33.5 Å². The van der Waals surface area contributed by atoms with Crippen LogP contribution in [-0.2, 0) is 16.1 Å². The number of rotatable bonds is 9. The lowest BCUT2D eigenvalue weighted by Crippen LogP contribution is -2.49. The molecule has 2 aromatic carbocycles. The van der Waals surface area contributed by atoms with Crippen LogP contribution in [0, 0.1) is 0 Å². The Balaban J connectivity index is 2.20. The van der Waals surface area contributed by atoms with Gasteiger partial charge in [-0.05, 0) is 48.4 Å². The van der Waals surface area contributed by atoms with Gasteiger partial charge in [0.25, 0.3) is 5.91 Å². The van der Waals surface area contributed by atoms with E-state index in [4.69, 9.17) is 32.7 Å². The van der Waals surface area contributed by atoms with Gasteiger partial charge >= 0.3 is 0 Å². The highest BCUT2D eigenvalue weighted by Crippen LogP contribution is 2.24. The maximum absolute atomic E-state index is 13.0. The van der Waals surface area contributed by atoms with Crippen LogP contribution < -0.4 is 14.8 Å². The van der Waals surface area contributed by atoms with Crippen molar-refractivity contribution in [2.75, 3.05) is 20.8 Å². The predicted molar refractivity (Wildman–Crippen MR) is 114 cm³/mol. The fourth-order valence-electron chi connectivity index (χ4n) is 2.82. The normalized spacial score (nSPS) is 11.5. The lowest BCUT2D eigenvalue weighted by atomic mass is 10.1. The van der Waals surface area contributed by atoms with Gasteiger partial charge in [-0.3, -0.25) is 9.59 Å². The molecule has 0 heterocycles. The second-order valence-electron chi connectivity index (χ2n) is 6.26. The van der Waals surface area contributed by atoms with Crippen LogP contribution >= 0.6 is 23.2 Å². The Morgan fingerprint density at radius 1 is 1.10 bits per heavy atom. The summed E-state index contributed by atoms with van der Waals surface area (Å²) in [5.41, 5.74) is 0.691. The maximum atomic E-state index is 13.0. The smallest absolute Gasteiger partial charge is 0.261 e. The van der Waals surface area contributed by atoms with E-state index in [1.54, 1.807) is 49.6 Å². The number of nitrogens with zero attached hydrogens (tertiary/aromatic N) is 1. The molecule has 1 N–H and O–H groups in total. The van der Waals surface area contributed by atoms with Gasteiger partial charge in [0.15, 0.2) is 6.61 Å². The zero-order valence-corrected chi connectivity index (χ0v) is 18.1. The van der Waals surface area contributed by atoms with Crippen LogP contribution in [0.15, 0.2) is 42.5 Å². The number of amides is 2. The van der Waals surface area contributed by atoms with Gasteiger partial charge in [-0.25, -0.2) is 0 Å². The van der Waals surface area contributed by atoms with Gasteiger partial charge in [-0.2, -0.15) is 0 Å². The first-order chi connectivity index (χ1) is 13.9. The first-order valence-corrected chi connectivity index (χ1v) is 9.87. The molecule has 2 amide bonds. The summed E-state index contributed by atoms with van der Waals surface area (Å²) in [5, 5.41) is 3.53. The van der Waals surface area contributed by atoms with Crippen LogP contribution in [0.4, 0.5) is 0 Å². The van der Waals surface area contributed by atoms with Crippen LogP contribution in [0.2, 0.25) is 10.0 Å². The van der Waals surface area contributed by atoms with Gasteiger partial charge in [0, 0.05) is 23.6 Å². The summed E-state index contributed by atoms with van der Waals surface area (Å²) in [7, 11) is 3.11. The number of hydrogen-bond acceptors (Lipinski definition) is 4. The number of ether oxygens (including phenoxy) is 2. The summed E-state index contributed by atoms with van der Waals surface area (Å²) in [6, 6.07) is 11.3. The molecular weight excluding hydrogens is 415 g/mol. The number of likely N-dealkylation sites (N-methyl/N-ethyl adjacent to an activating group) is 1. The number of benzene rings is 2. The standard InChI is InChI=1S/C21H24Cl2N2O4/c1-4-19(21(27)24-2)25(12-14-5-6-15(22)11-18(14)23)20(26)13-29-17-9-7-16(28-3)8-10-17/h5-11,19H,4,12-13H2,1-3H3,(H,24,27)/t19-/m1/s1. The summed E-state index contributed by atoms with van der Waals surface area (Å²) >= 11 is 12.2. The number of carbonyl (C=O) groups is 2. The fraction of sp³-hybridized carbons (Fsp3) is 0.333. The Hall–Kier alpha value is -2.44. The van der Waals surface area contributed by atoms with Crippen molar-refractivity contribution in [1.29, 1.82) is 0 Å². The zero-order valence-electron chi connectivity index (χ0n) is 16.6. The molecule has 0 aliphatic carbocycles. The van der Waals surface area contributed by atoms with Gasteiger partial charge in [0.1, 0.15) is 17.5 Å². The molecule has 0 aromatic heterocycles. The largest absolute Gasteiger partial charge is 0.497 e. The molecule has 2 aromatic rings. The van der Waals surface area contributed by atoms with Crippen molar-refractivity contribution in [3.8, 4) is 11.5 Å². The third-order valence-corrected chi connectivity index (χ3v) is 5.00. The second kappa shape index (κ2) is 10.9. The molecule has 29 heavy (non-hydrogen) atoms. The quantitative estimate of drug-likeness (QED) is 0.643. The van der Waals surface area contributed by atoms with E-state index in [9.17, 15) is 9.59 Å². The number of methoxy groups -OCH3 is 1. The molecule has 0 saturated carbocycles. The van der Waals surface area contributed by atoms with Crippen LogP contribution in [0.5, 0.6) is 11.5 Å².